The first-order valence-corrected chi connectivity index (χ1v) is 9.74. The lowest BCUT2D eigenvalue weighted by Gasteiger charge is -2.29. The van der Waals surface area contributed by atoms with Gasteiger partial charge < -0.3 is 10.3 Å². The van der Waals surface area contributed by atoms with Gasteiger partial charge in [-0.25, -0.2) is 0 Å². The summed E-state index contributed by atoms with van der Waals surface area (Å²) in [5, 5.41) is 7.95. The van der Waals surface area contributed by atoms with Crippen LogP contribution in [-0.2, 0) is 0 Å². The summed E-state index contributed by atoms with van der Waals surface area (Å²) >= 11 is 1.66. The Morgan fingerprint density at radius 3 is 2.69 bits per heavy atom. The number of benzene rings is 1. The summed E-state index contributed by atoms with van der Waals surface area (Å²) in [6.45, 7) is 6.55. The first kappa shape index (κ1) is 18.4. The van der Waals surface area contributed by atoms with Crippen LogP contribution in [0, 0.1) is 0 Å². The molecule has 3 rings (SSSR count). The summed E-state index contributed by atoms with van der Waals surface area (Å²) in [5.41, 5.74) is 2.01. The Morgan fingerprint density at radius 1 is 1.23 bits per heavy atom. The number of para-hydroxylation sites is 1. The van der Waals surface area contributed by atoms with Crippen LogP contribution in [0.3, 0.4) is 0 Å². The number of rotatable bonds is 7. The molecule has 26 heavy (non-hydrogen) atoms. The Hall–Kier alpha value is -2.44. The molecule has 3 aromatic rings. The average Bonchev–Trinajstić information content (AvgIpc) is 3.18. The zero-order valence-electron chi connectivity index (χ0n) is 15.0. The molecule has 2 heterocycles. The minimum absolute atomic E-state index is 0.119. The van der Waals surface area contributed by atoms with Crippen molar-refractivity contribution in [2.75, 3.05) is 19.6 Å². The van der Waals surface area contributed by atoms with Crippen molar-refractivity contribution in [1.29, 1.82) is 0 Å². The maximum absolute atomic E-state index is 12.8. The number of hydrogen-bond acceptors (Lipinski definition) is 4. The van der Waals surface area contributed by atoms with E-state index in [9.17, 15) is 9.59 Å². The quantitative estimate of drug-likeness (QED) is 0.671. The van der Waals surface area contributed by atoms with Crippen molar-refractivity contribution in [1.82, 2.24) is 15.2 Å². The van der Waals surface area contributed by atoms with Gasteiger partial charge in [-0.2, -0.15) is 11.3 Å². The molecule has 2 N–H and O–H groups in total. The van der Waals surface area contributed by atoms with E-state index < -0.39 is 0 Å². The Balaban J connectivity index is 1.84. The third-order valence-electron chi connectivity index (χ3n) is 4.63. The minimum atomic E-state index is -0.271. The summed E-state index contributed by atoms with van der Waals surface area (Å²) in [6, 6.07) is 10.9. The second kappa shape index (κ2) is 8.29. The van der Waals surface area contributed by atoms with Crippen molar-refractivity contribution in [2.24, 2.45) is 0 Å². The van der Waals surface area contributed by atoms with Gasteiger partial charge in [0.15, 0.2) is 0 Å². The third kappa shape index (κ3) is 3.86. The number of hydrogen-bond donors (Lipinski definition) is 2. The third-order valence-corrected chi connectivity index (χ3v) is 5.33. The molecule has 6 heteroatoms. The van der Waals surface area contributed by atoms with Gasteiger partial charge in [-0.05, 0) is 41.5 Å². The van der Waals surface area contributed by atoms with Crippen molar-refractivity contribution in [3.8, 4) is 0 Å². The molecule has 2 aromatic heterocycles. The van der Waals surface area contributed by atoms with Gasteiger partial charge in [-0.1, -0.05) is 32.0 Å². The lowest BCUT2D eigenvalue weighted by Crippen LogP contribution is -2.38. The van der Waals surface area contributed by atoms with E-state index in [1.165, 1.54) is 11.6 Å². The number of aromatic nitrogens is 1. The highest BCUT2D eigenvalue weighted by Gasteiger charge is 2.20. The van der Waals surface area contributed by atoms with Gasteiger partial charge in [0.1, 0.15) is 0 Å². The number of nitrogens with one attached hydrogen (secondary N) is 2. The van der Waals surface area contributed by atoms with Crippen molar-refractivity contribution in [2.45, 2.75) is 19.9 Å². The van der Waals surface area contributed by atoms with Gasteiger partial charge in [-0.15, -0.1) is 0 Å². The number of amides is 1. The Labute approximate surface area is 156 Å². The number of nitrogens with zero attached hydrogens (tertiary/aromatic N) is 1. The topological polar surface area (TPSA) is 65.2 Å². The van der Waals surface area contributed by atoms with E-state index in [1.807, 2.05) is 18.2 Å². The molecular weight excluding hydrogens is 346 g/mol. The molecule has 5 nitrogen and oxygen atoms in total. The second-order valence-electron chi connectivity index (χ2n) is 6.10. The van der Waals surface area contributed by atoms with E-state index >= 15 is 0 Å². The summed E-state index contributed by atoms with van der Waals surface area (Å²) in [6.07, 6.45) is 0. The highest BCUT2D eigenvalue weighted by atomic mass is 32.1. The molecule has 0 saturated heterocycles. The van der Waals surface area contributed by atoms with E-state index in [0.717, 1.165) is 18.5 Å². The van der Waals surface area contributed by atoms with Crippen LogP contribution in [0.5, 0.6) is 0 Å². The number of pyridine rings is 1. The molecule has 0 aliphatic rings. The monoisotopic (exact) mass is 369 g/mol. The largest absolute Gasteiger partial charge is 0.350 e. The van der Waals surface area contributed by atoms with Crippen LogP contribution in [-0.4, -0.2) is 35.4 Å². The van der Waals surface area contributed by atoms with E-state index in [-0.39, 0.29) is 17.5 Å². The standard InChI is InChI=1S/C20H23N3O2S/c1-3-23(4-2)18(14-9-10-26-13-14)12-21-20(25)16-11-19(24)22-17-8-6-5-7-15(16)17/h5-11,13,18H,3-4,12H2,1-2H3,(H,21,25)(H,22,24). The van der Waals surface area contributed by atoms with Crippen molar-refractivity contribution >= 4 is 28.1 Å². The highest BCUT2D eigenvalue weighted by molar-refractivity contribution is 7.07. The molecule has 0 bridgehead atoms. The first-order chi connectivity index (χ1) is 12.6. The van der Waals surface area contributed by atoms with E-state index in [1.54, 1.807) is 17.4 Å². The molecule has 1 aromatic carbocycles. The lowest BCUT2D eigenvalue weighted by molar-refractivity contribution is 0.0936. The Bertz CT molecular complexity index is 930. The van der Waals surface area contributed by atoms with Crippen LogP contribution in [0.4, 0.5) is 0 Å². The van der Waals surface area contributed by atoms with Gasteiger partial charge in [-0.3, -0.25) is 14.5 Å². The van der Waals surface area contributed by atoms with Crippen LogP contribution in [0.1, 0.15) is 35.8 Å². The maximum Gasteiger partial charge on any atom is 0.252 e. The molecule has 0 fully saturated rings. The molecule has 0 aliphatic heterocycles. The fourth-order valence-corrected chi connectivity index (χ4v) is 3.97. The summed E-state index contributed by atoms with van der Waals surface area (Å²) in [5.74, 6) is -0.223. The lowest BCUT2D eigenvalue weighted by atomic mass is 10.1. The predicted molar refractivity (Wildman–Crippen MR) is 107 cm³/mol. The smallest absolute Gasteiger partial charge is 0.252 e. The van der Waals surface area contributed by atoms with Crippen LogP contribution < -0.4 is 10.9 Å². The normalized spacial score (nSPS) is 12.4. The van der Waals surface area contributed by atoms with E-state index in [0.29, 0.717) is 17.6 Å². The average molecular weight is 369 g/mol. The zero-order chi connectivity index (χ0) is 18.5. The molecule has 0 saturated carbocycles. The highest BCUT2D eigenvalue weighted by Crippen LogP contribution is 2.22. The number of H-pyrrole nitrogens is 1. The van der Waals surface area contributed by atoms with E-state index in [4.69, 9.17) is 0 Å². The number of thiophene rings is 1. The predicted octanol–water partition coefficient (Wildman–Crippen LogP) is 3.40. The van der Waals surface area contributed by atoms with Crippen LogP contribution in [0.2, 0.25) is 0 Å². The first-order valence-electron chi connectivity index (χ1n) is 8.80. The SMILES string of the molecule is CCN(CC)C(CNC(=O)c1cc(=O)[nH]c2ccccc12)c1ccsc1. The molecule has 1 unspecified atom stereocenters. The fourth-order valence-electron chi connectivity index (χ4n) is 3.26. The molecular formula is C20H23N3O2S. The molecule has 0 radical (unpaired) electrons. The van der Waals surface area contributed by atoms with Gasteiger partial charge in [0.05, 0.1) is 11.6 Å². The Kier molecular flexibility index (Phi) is 5.85. The van der Waals surface area contributed by atoms with Gasteiger partial charge in [0, 0.05) is 23.5 Å². The van der Waals surface area contributed by atoms with Crippen molar-refractivity contribution < 1.29 is 4.79 Å². The summed E-state index contributed by atoms with van der Waals surface area (Å²) in [4.78, 5) is 29.8. The number of carbonyl (C=O) groups is 1. The Morgan fingerprint density at radius 2 is 2.00 bits per heavy atom. The zero-order valence-corrected chi connectivity index (χ0v) is 15.8. The summed E-state index contributed by atoms with van der Waals surface area (Å²) in [7, 11) is 0. The fraction of sp³-hybridized carbons (Fsp3) is 0.300. The number of likely N-dealkylation sites (N-methyl/N-ethyl adjacent to an activating group) is 1. The van der Waals surface area contributed by atoms with Gasteiger partial charge in [0.2, 0.25) is 5.56 Å². The molecule has 0 aliphatic carbocycles. The summed E-state index contributed by atoms with van der Waals surface area (Å²) < 4.78 is 0. The van der Waals surface area contributed by atoms with Gasteiger partial charge >= 0.3 is 0 Å². The molecule has 136 valence electrons. The minimum Gasteiger partial charge on any atom is -0.350 e. The van der Waals surface area contributed by atoms with Gasteiger partial charge in [0.25, 0.3) is 5.91 Å². The van der Waals surface area contributed by atoms with Crippen LogP contribution in [0.25, 0.3) is 10.9 Å². The van der Waals surface area contributed by atoms with Crippen molar-refractivity contribution in [3.05, 3.63) is 68.6 Å². The molecule has 0 spiro atoms. The second-order valence-corrected chi connectivity index (χ2v) is 6.88. The van der Waals surface area contributed by atoms with Crippen LogP contribution >= 0.6 is 11.3 Å². The molecule has 1 atom stereocenters. The van der Waals surface area contributed by atoms with E-state index in [2.05, 4.69) is 45.9 Å². The molecule has 1 amide bonds. The number of fused-ring (bicyclic) bond motifs is 1. The number of aromatic amines is 1. The van der Waals surface area contributed by atoms with Crippen LogP contribution in [0.15, 0.2) is 52.0 Å². The maximum atomic E-state index is 12.8. The number of carbonyl (C=O) groups excluding carboxylic acids is 1. The van der Waals surface area contributed by atoms with Crippen molar-refractivity contribution in [3.63, 3.8) is 0 Å².